The predicted molar refractivity (Wildman–Crippen MR) is 117 cm³/mol. The number of hydrogen-bond donors (Lipinski definition) is 6. The lowest BCUT2D eigenvalue weighted by molar-refractivity contribution is -0.142. The molecule has 0 aliphatic heterocycles. The number of aromatic nitrogens is 2. The molecule has 0 aliphatic carbocycles. The first-order valence-electron chi connectivity index (χ1n) is 9.92. The molecule has 11 nitrogen and oxygen atoms in total. The lowest BCUT2D eigenvalue weighted by Gasteiger charge is -2.26. The molecule has 0 saturated carbocycles. The van der Waals surface area contributed by atoms with E-state index in [1.807, 2.05) is 6.26 Å². The second kappa shape index (κ2) is 13.0. The van der Waals surface area contributed by atoms with E-state index < -0.39 is 47.9 Å². The fourth-order valence-electron chi connectivity index (χ4n) is 2.67. The summed E-state index contributed by atoms with van der Waals surface area (Å²) < 4.78 is 0. The molecule has 0 bridgehead atoms. The Morgan fingerprint density at radius 1 is 1.10 bits per heavy atom. The highest BCUT2D eigenvalue weighted by molar-refractivity contribution is 7.98. The van der Waals surface area contributed by atoms with Gasteiger partial charge in [-0.1, -0.05) is 13.8 Å². The van der Waals surface area contributed by atoms with Crippen LogP contribution in [0.4, 0.5) is 0 Å². The summed E-state index contributed by atoms with van der Waals surface area (Å²) >= 11 is 1.46. The Labute approximate surface area is 185 Å². The first-order chi connectivity index (χ1) is 14.6. The molecule has 4 unspecified atom stereocenters. The maximum absolute atomic E-state index is 12.9. The Morgan fingerprint density at radius 3 is 2.23 bits per heavy atom. The lowest BCUT2D eigenvalue weighted by Crippen LogP contribution is -2.58. The average molecular weight is 457 g/mol. The molecule has 0 aromatic carbocycles. The standard InChI is InChI=1S/C19H32N6O5S/c1-10(2)15(25-16(26)11(3)20)18(28)24-14(7-12-8-21-9-22-12)17(27)23-13(19(29)30)5-6-31-4/h8-11,13-15H,5-7,20H2,1-4H3,(H,21,22)(H,23,27)(H,24,28)(H,25,26)(H,29,30). The molecule has 3 amide bonds. The Bertz CT molecular complexity index is 740. The zero-order valence-corrected chi connectivity index (χ0v) is 19.0. The number of H-pyrrole nitrogens is 1. The maximum atomic E-state index is 12.9. The van der Waals surface area contributed by atoms with Gasteiger partial charge in [0.05, 0.1) is 12.4 Å². The molecule has 1 rings (SSSR count). The minimum atomic E-state index is -1.15. The predicted octanol–water partition coefficient (Wildman–Crippen LogP) is -0.752. The van der Waals surface area contributed by atoms with Gasteiger partial charge in [-0.2, -0.15) is 11.8 Å². The zero-order valence-electron chi connectivity index (χ0n) is 18.2. The normalized spacial score (nSPS) is 14.9. The van der Waals surface area contributed by atoms with Crippen LogP contribution in [-0.4, -0.2) is 74.9 Å². The second-order valence-corrected chi connectivity index (χ2v) is 8.53. The lowest BCUT2D eigenvalue weighted by atomic mass is 10.0. The largest absolute Gasteiger partial charge is 0.480 e. The van der Waals surface area contributed by atoms with Gasteiger partial charge >= 0.3 is 5.97 Å². The number of carboxylic acids is 1. The zero-order chi connectivity index (χ0) is 23.6. The third-order valence-electron chi connectivity index (χ3n) is 4.50. The number of nitrogens with zero attached hydrogens (tertiary/aromatic N) is 1. The van der Waals surface area contributed by atoms with E-state index in [0.29, 0.717) is 11.4 Å². The average Bonchev–Trinajstić information content (AvgIpc) is 3.20. The van der Waals surface area contributed by atoms with Crippen LogP contribution in [0, 0.1) is 5.92 Å². The molecule has 1 aromatic heterocycles. The van der Waals surface area contributed by atoms with Gasteiger partial charge in [-0.15, -0.1) is 0 Å². The van der Waals surface area contributed by atoms with E-state index >= 15 is 0 Å². The van der Waals surface area contributed by atoms with Crippen molar-refractivity contribution in [3.05, 3.63) is 18.2 Å². The summed E-state index contributed by atoms with van der Waals surface area (Å²) in [5, 5.41) is 17.1. The first-order valence-corrected chi connectivity index (χ1v) is 11.3. The molecule has 0 radical (unpaired) electrons. The molecular weight excluding hydrogens is 424 g/mol. The number of aromatic amines is 1. The number of amides is 3. The summed E-state index contributed by atoms with van der Waals surface area (Å²) in [6.45, 7) is 5.00. The maximum Gasteiger partial charge on any atom is 0.326 e. The molecule has 0 spiro atoms. The van der Waals surface area contributed by atoms with Crippen molar-refractivity contribution in [3.8, 4) is 0 Å². The fraction of sp³-hybridized carbons (Fsp3) is 0.632. The molecule has 7 N–H and O–H groups in total. The van der Waals surface area contributed by atoms with Crippen LogP contribution >= 0.6 is 11.8 Å². The minimum absolute atomic E-state index is 0.0679. The summed E-state index contributed by atoms with van der Waals surface area (Å²) in [6.07, 6.45) is 5.09. The summed E-state index contributed by atoms with van der Waals surface area (Å²) in [4.78, 5) is 56.0. The monoisotopic (exact) mass is 456 g/mol. The van der Waals surface area contributed by atoms with Gasteiger partial charge < -0.3 is 31.8 Å². The Balaban J connectivity index is 3.00. The number of thioether (sulfide) groups is 1. The van der Waals surface area contributed by atoms with E-state index in [1.54, 1.807) is 13.8 Å². The third-order valence-corrected chi connectivity index (χ3v) is 5.14. The van der Waals surface area contributed by atoms with Crippen molar-refractivity contribution in [2.24, 2.45) is 11.7 Å². The molecule has 0 saturated heterocycles. The van der Waals surface area contributed by atoms with Gasteiger partial charge in [0.1, 0.15) is 18.1 Å². The van der Waals surface area contributed by atoms with Gasteiger partial charge in [-0.25, -0.2) is 9.78 Å². The van der Waals surface area contributed by atoms with Crippen molar-refractivity contribution < 1.29 is 24.3 Å². The number of nitrogens with one attached hydrogen (secondary N) is 4. The number of aliphatic carboxylic acids is 1. The number of carbonyl (C=O) groups is 4. The van der Waals surface area contributed by atoms with Crippen LogP contribution in [0.5, 0.6) is 0 Å². The van der Waals surface area contributed by atoms with Gasteiger partial charge in [0.25, 0.3) is 0 Å². The van der Waals surface area contributed by atoms with Gasteiger partial charge in [-0.05, 0) is 31.3 Å². The smallest absolute Gasteiger partial charge is 0.326 e. The molecule has 1 aromatic rings. The first kappa shape index (κ1) is 26.4. The molecule has 31 heavy (non-hydrogen) atoms. The highest BCUT2D eigenvalue weighted by atomic mass is 32.2. The summed E-state index contributed by atoms with van der Waals surface area (Å²) in [6, 6.07) is -3.87. The van der Waals surface area contributed by atoms with Crippen molar-refractivity contribution in [3.63, 3.8) is 0 Å². The van der Waals surface area contributed by atoms with Crippen LogP contribution in [0.2, 0.25) is 0 Å². The molecule has 1 heterocycles. The molecule has 0 aliphatic rings. The number of imidazole rings is 1. The Morgan fingerprint density at radius 2 is 1.74 bits per heavy atom. The van der Waals surface area contributed by atoms with E-state index in [4.69, 9.17) is 5.73 Å². The van der Waals surface area contributed by atoms with Crippen molar-refractivity contribution >= 4 is 35.5 Å². The number of rotatable bonds is 13. The molecule has 4 atom stereocenters. The van der Waals surface area contributed by atoms with E-state index in [1.165, 1.54) is 31.2 Å². The molecule has 174 valence electrons. The Hall–Kier alpha value is -2.60. The Kier molecular flexibility index (Phi) is 11.0. The van der Waals surface area contributed by atoms with Gasteiger partial charge in [0, 0.05) is 18.3 Å². The van der Waals surface area contributed by atoms with E-state index in [-0.39, 0.29) is 18.8 Å². The topological polar surface area (TPSA) is 179 Å². The number of carboxylic acid groups (broad SMARTS) is 1. The highest BCUT2D eigenvalue weighted by Gasteiger charge is 2.31. The van der Waals surface area contributed by atoms with Crippen LogP contribution in [0.3, 0.4) is 0 Å². The van der Waals surface area contributed by atoms with Crippen LogP contribution in [0.1, 0.15) is 32.9 Å². The molecule has 0 fully saturated rings. The van der Waals surface area contributed by atoms with Crippen molar-refractivity contribution in [2.45, 2.75) is 57.8 Å². The van der Waals surface area contributed by atoms with E-state index in [2.05, 4.69) is 25.9 Å². The van der Waals surface area contributed by atoms with Crippen molar-refractivity contribution in [1.29, 1.82) is 0 Å². The third kappa shape index (κ3) is 8.97. The van der Waals surface area contributed by atoms with Gasteiger partial charge in [-0.3, -0.25) is 14.4 Å². The number of nitrogens with two attached hydrogens (primary N) is 1. The molecular formula is C19H32N6O5S. The fourth-order valence-corrected chi connectivity index (χ4v) is 3.14. The second-order valence-electron chi connectivity index (χ2n) is 7.54. The number of hydrogen-bond acceptors (Lipinski definition) is 7. The minimum Gasteiger partial charge on any atom is -0.480 e. The summed E-state index contributed by atoms with van der Waals surface area (Å²) in [5.41, 5.74) is 6.15. The highest BCUT2D eigenvalue weighted by Crippen LogP contribution is 2.07. The summed E-state index contributed by atoms with van der Waals surface area (Å²) in [7, 11) is 0. The van der Waals surface area contributed by atoms with Gasteiger partial charge in [0.15, 0.2) is 0 Å². The van der Waals surface area contributed by atoms with Crippen molar-refractivity contribution in [2.75, 3.05) is 12.0 Å². The van der Waals surface area contributed by atoms with Crippen molar-refractivity contribution in [1.82, 2.24) is 25.9 Å². The van der Waals surface area contributed by atoms with Gasteiger partial charge in [0.2, 0.25) is 17.7 Å². The van der Waals surface area contributed by atoms with Crippen LogP contribution in [0.15, 0.2) is 12.5 Å². The molecule has 12 heteroatoms. The SMILES string of the molecule is CSCCC(NC(=O)C(Cc1cnc[nH]1)NC(=O)C(NC(=O)C(C)N)C(C)C)C(=O)O. The number of carbonyl (C=O) groups excluding carboxylic acids is 3. The van der Waals surface area contributed by atoms with E-state index in [9.17, 15) is 24.3 Å². The van der Waals surface area contributed by atoms with E-state index in [0.717, 1.165) is 0 Å². The van der Waals surface area contributed by atoms with Crippen LogP contribution in [0.25, 0.3) is 0 Å². The van der Waals surface area contributed by atoms with Crippen LogP contribution in [-0.2, 0) is 25.6 Å². The van der Waals surface area contributed by atoms with Crippen LogP contribution < -0.4 is 21.7 Å². The summed E-state index contributed by atoms with van der Waals surface area (Å²) in [5.74, 6) is -2.58. The quantitative estimate of drug-likeness (QED) is 0.224.